The van der Waals surface area contributed by atoms with Gasteiger partial charge in [0, 0.05) is 6.20 Å². The second kappa shape index (κ2) is 3.72. The van der Waals surface area contributed by atoms with E-state index in [0.717, 1.165) is 12.3 Å². The molecule has 0 bridgehead atoms. The number of hydrogen-bond donors (Lipinski definition) is 2. The Morgan fingerprint density at radius 2 is 2.38 bits per heavy atom. The molecular weight excluding hydrogens is 179 g/mol. The number of amides is 1. The van der Waals surface area contributed by atoms with Crippen LogP contribution in [-0.4, -0.2) is 22.4 Å². The lowest BCUT2D eigenvalue weighted by Gasteiger charge is -1.98. The molecule has 0 spiro atoms. The molecule has 6 heteroatoms. The molecular formula is C7H5FN2O3. The molecule has 0 aliphatic heterocycles. The van der Waals surface area contributed by atoms with Crippen LogP contribution in [0.3, 0.4) is 0 Å². The molecule has 0 saturated carbocycles. The Hall–Kier alpha value is -1.82. The van der Waals surface area contributed by atoms with E-state index < -0.39 is 11.7 Å². The lowest BCUT2D eigenvalue weighted by molar-refractivity contribution is 0.0705. The topological polar surface area (TPSA) is 79.3 Å². The van der Waals surface area contributed by atoms with Crippen LogP contribution in [0.4, 0.5) is 4.39 Å². The Kier molecular flexibility index (Phi) is 2.65. The molecule has 1 rings (SSSR count). The van der Waals surface area contributed by atoms with E-state index in [-0.39, 0.29) is 17.5 Å². The maximum atomic E-state index is 12.8. The number of pyridine rings is 1. The van der Waals surface area contributed by atoms with Gasteiger partial charge in [-0.2, -0.15) is 0 Å². The summed E-state index contributed by atoms with van der Waals surface area (Å²) in [6, 6.07) is 0.808. The number of rotatable bonds is 2. The first-order chi connectivity index (χ1) is 6.19. The zero-order valence-electron chi connectivity index (χ0n) is 6.32. The van der Waals surface area contributed by atoms with Gasteiger partial charge in [0.1, 0.15) is 5.69 Å². The molecule has 0 aromatic carbocycles. The Morgan fingerprint density at radius 1 is 1.69 bits per heavy atom. The summed E-state index contributed by atoms with van der Waals surface area (Å²) in [5, 5.41) is 8.19. The van der Waals surface area contributed by atoms with Crippen LogP contribution in [0.25, 0.3) is 0 Å². The largest absolute Gasteiger partial charge is 0.296 e. The number of nitrogens with one attached hydrogen (secondary N) is 1. The van der Waals surface area contributed by atoms with Crippen LogP contribution in [0.1, 0.15) is 20.8 Å². The van der Waals surface area contributed by atoms with Gasteiger partial charge in [-0.1, -0.05) is 0 Å². The van der Waals surface area contributed by atoms with E-state index in [9.17, 15) is 14.0 Å². The van der Waals surface area contributed by atoms with E-state index in [2.05, 4.69) is 4.98 Å². The molecule has 0 saturated heterocycles. The summed E-state index contributed by atoms with van der Waals surface area (Å²) in [6.07, 6.45) is 1.22. The molecule has 0 aliphatic carbocycles. The average molecular weight is 184 g/mol. The van der Waals surface area contributed by atoms with Crippen molar-refractivity contribution in [1.29, 1.82) is 0 Å². The van der Waals surface area contributed by atoms with E-state index in [1.807, 2.05) is 0 Å². The number of hydrogen-bond acceptors (Lipinski definition) is 4. The minimum atomic E-state index is -0.906. The molecule has 0 unspecified atom stereocenters. The van der Waals surface area contributed by atoms with Crippen molar-refractivity contribution in [3.63, 3.8) is 0 Å². The van der Waals surface area contributed by atoms with Crippen LogP contribution in [-0.2, 0) is 0 Å². The van der Waals surface area contributed by atoms with Crippen LogP contribution in [0, 0.1) is 5.82 Å². The molecule has 1 amide bonds. The summed E-state index contributed by atoms with van der Waals surface area (Å²) in [5.74, 6) is -1.79. The van der Waals surface area contributed by atoms with Gasteiger partial charge in [0.25, 0.3) is 5.91 Å². The van der Waals surface area contributed by atoms with Gasteiger partial charge < -0.3 is 0 Å². The van der Waals surface area contributed by atoms with Crippen LogP contribution < -0.4 is 5.48 Å². The molecule has 1 aromatic heterocycles. The van der Waals surface area contributed by atoms with Gasteiger partial charge in [0.15, 0.2) is 12.1 Å². The number of carbonyl (C=O) groups is 2. The highest BCUT2D eigenvalue weighted by Crippen LogP contribution is 2.04. The summed E-state index contributed by atoms with van der Waals surface area (Å²) in [4.78, 5) is 24.2. The van der Waals surface area contributed by atoms with Crippen LogP contribution in [0.5, 0.6) is 0 Å². The second-order valence-electron chi connectivity index (χ2n) is 2.15. The van der Waals surface area contributed by atoms with E-state index in [1.165, 1.54) is 5.48 Å². The summed E-state index contributed by atoms with van der Waals surface area (Å²) < 4.78 is 12.8. The molecule has 68 valence electrons. The van der Waals surface area contributed by atoms with Gasteiger partial charge in [-0.3, -0.25) is 14.8 Å². The standard InChI is InChI=1S/C7H5FN2O3/c8-5-1-4(7(12)10-13)2-9-6(5)3-11/h1-3,13H,(H,10,12). The minimum Gasteiger partial charge on any atom is -0.296 e. The molecule has 1 heterocycles. The Labute approximate surface area is 72.2 Å². The van der Waals surface area contributed by atoms with Crippen molar-refractivity contribution in [1.82, 2.24) is 10.5 Å². The van der Waals surface area contributed by atoms with Gasteiger partial charge in [-0.05, 0) is 6.07 Å². The fourth-order valence-electron chi connectivity index (χ4n) is 0.724. The molecule has 5 nitrogen and oxygen atoms in total. The summed E-state index contributed by atoms with van der Waals surface area (Å²) >= 11 is 0. The highest BCUT2D eigenvalue weighted by molar-refractivity contribution is 5.93. The van der Waals surface area contributed by atoms with Crippen molar-refractivity contribution in [2.45, 2.75) is 0 Å². The van der Waals surface area contributed by atoms with E-state index in [4.69, 9.17) is 5.21 Å². The first-order valence-corrected chi connectivity index (χ1v) is 3.24. The lowest BCUT2D eigenvalue weighted by Crippen LogP contribution is -2.19. The maximum absolute atomic E-state index is 12.8. The van der Waals surface area contributed by atoms with E-state index in [0.29, 0.717) is 0 Å². The zero-order chi connectivity index (χ0) is 9.84. The van der Waals surface area contributed by atoms with Crippen molar-refractivity contribution < 1.29 is 19.2 Å². The summed E-state index contributed by atoms with van der Waals surface area (Å²) in [7, 11) is 0. The first kappa shape index (κ1) is 9.27. The normalized spacial score (nSPS) is 9.38. The van der Waals surface area contributed by atoms with Gasteiger partial charge >= 0.3 is 0 Å². The number of carbonyl (C=O) groups excluding carboxylic acids is 2. The molecule has 1 aromatic rings. The molecule has 0 aliphatic rings. The minimum absolute atomic E-state index is 0.161. The van der Waals surface area contributed by atoms with Crippen molar-refractivity contribution in [2.24, 2.45) is 0 Å². The third kappa shape index (κ3) is 1.85. The van der Waals surface area contributed by atoms with Gasteiger partial charge in [-0.15, -0.1) is 0 Å². The molecule has 2 N–H and O–H groups in total. The van der Waals surface area contributed by atoms with Crippen molar-refractivity contribution >= 4 is 12.2 Å². The molecule has 13 heavy (non-hydrogen) atoms. The van der Waals surface area contributed by atoms with E-state index in [1.54, 1.807) is 0 Å². The van der Waals surface area contributed by atoms with Crippen molar-refractivity contribution in [3.8, 4) is 0 Å². The Bertz CT molecular complexity index is 354. The van der Waals surface area contributed by atoms with Crippen LogP contribution in [0.2, 0.25) is 0 Å². The number of aldehydes is 1. The summed E-state index contributed by atoms with van der Waals surface area (Å²) in [5.41, 5.74) is 0.770. The van der Waals surface area contributed by atoms with Crippen molar-refractivity contribution in [3.05, 3.63) is 29.3 Å². The molecule has 0 radical (unpaired) electrons. The smallest absolute Gasteiger partial charge is 0.276 e. The molecule has 0 atom stereocenters. The fraction of sp³-hybridized carbons (Fsp3) is 0. The molecule has 0 fully saturated rings. The van der Waals surface area contributed by atoms with Crippen LogP contribution >= 0.6 is 0 Å². The Balaban J connectivity index is 3.09. The maximum Gasteiger partial charge on any atom is 0.276 e. The zero-order valence-corrected chi connectivity index (χ0v) is 6.32. The highest BCUT2D eigenvalue weighted by atomic mass is 19.1. The van der Waals surface area contributed by atoms with E-state index >= 15 is 0 Å². The van der Waals surface area contributed by atoms with Crippen LogP contribution in [0.15, 0.2) is 12.3 Å². The van der Waals surface area contributed by atoms with Crippen molar-refractivity contribution in [2.75, 3.05) is 0 Å². The SMILES string of the molecule is O=Cc1ncc(C(=O)NO)cc1F. The number of halogens is 1. The predicted octanol–water partition coefficient (Wildman–Crippen LogP) is 0.152. The average Bonchev–Trinajstić information content (AvgIpc) is 2.16. The monoisotopic (exact) mass is 184 g/mol. The quantitative estimate of drug-likeness (QED) is 0.389. The predicted molar refractivity (Wildman–Crippen MR) is 38.8 cm³/mol. The lowest BCUT2D eigenvalue weighted by atomic mass is 10.2. The first-order valence-electron chi connectivity index (χ1n) is 3.24. The Morgan fingerprint density at radius 3 is 2.85 bits per heavy atom. The third-order valence-corrected chi connectivity index (χ3v) is 1.35. The van der Waals surface area contributed by atoms with Gasteiger partial charge in [0.2, 0.25) is 0 Å². The highest BCUT2D eigenvalue weighted by Gasteiger charge is 2.09. The fourth-order valence-corrected chi connectivity index (χ4v) is 0.724. The van der Waals surface area contributed by atoms with Gasteiger partial charge in [0.05, 0.1) is 5.56 Å². The number of hydroxylamine groups is 1. The second-order valence-corrected chi connectivity index (χ2v) is 2.15. The van der Waals surface area contributed by atoms with Gasteiger partial charge in [-0.25, -0.2) is 14.9 Å². The summed E-state index contributed by atoms with van der Waals surface area (Å²) in [6.45, 7) is 0. The number of aromatic nitrogens is 1. The third-order valence-electron chi connectivity index (χ3n) is 1.35. The number of nitrogens with zero attached hydrogens (tertiary/aromatic N) is 1.